The molecular formula is C18H19NO5S. The van der Waals surface area contributed by atoms with Crippen LogP contribution in [0.25, 0.3) is 0 Å². The lowest BCUT2D eigenvalue weighted by Crippen LogP contribution is -2.34. The number of ether oxygens (including phenoxy) is 1. The highest BCUT2D eigenvalue weighted by Crippen LogP contribution is 2.16. The zero-order valence-electron chi connectivity index (χ0n) is 14.2. The average molecular weight is 361 g/mol. The van der Waals surface area contributed by atoms with E-state index in [1.54, 1.807) is 12.1 Å². The smallest absolute Gasteiger partial charge is 0.326 e. The van der Waals surface area contributed by atoms with Crippen LogP contribution < -0.4 is 4.74 Å². The quantitative estimate of drug-likeness (QED) is 0.448. The Morgan fingerprint density at radius 2 is 1.56 bits per heavy atom. The molecule has 0 bridgehead atoms. The Morgan fingerprint density at radius 1 is 1.00 bits per heavy atom. The van der Waals surface area contributed by atoms with Gasteiger partial charge in [-0.3, -0.25) is 9.59 Å². The average Bonchev–Trinajstić information content (AvgIpc) is 2.55. The minimum atomic E-state index is -3.77. The fourth-order valence-corrected chi connectivity index (χ4v) is 3.19. The summed E-state index contributed by atoms with van der Waals surface area (Å²) in [5.41, 5.74) is 1.44. The lowest BCUT2D eigenvalue weighted by atomic mass is 10.1. The molecule has 25 heavy (non-hydrogen) atoms. The molecule has 0 radical (unpaired) electrons. The zero-order chi connectivity index (χ0) is 18.6. The number of Topliss-reactive ketones (excluding diaryl/α,β-unsaturated/α-hetero) is 1. The van der Waals surface area contributed by atoms with E-state index in [0.29, 0.717) is 5.56 Å². The molecule has 2 aromatic carbocycles. The van der Waals surface area contributed by atoms with Crippen LogP contribution in [0.2, 0.25) is 0 Å². The van der Waals surface area contributed by atoms with E-state index in [0.717, 1.165) is 9.87 Å². The molecule has 0 fully saturated rings. The van der Waals surface area contributed by atoms with E-state index in [1.165, 1.54) is 50.4 Å². The van der Waals surface area contributed by atoms with Gasteiger partial charge < -0.3 is 4.74 Å². The van der Waals surface area contributed by atoms with Crippen molar-refractivity contribution < 1.29 is 22.7 Å². The molecule has 0 aliphatic rings. The van der Waals surface area contributed by atoms with E-state index in [2.05, 4.69) is 0 Å². The molecule has 7 heteroatoms. The Bertz CT molecular complexity index is 871. The van der Waals surface area contributed by atoms with Gasteiger partial charge in [0, 0.05) is 12.6 Å². The number of carbonyl (C=O) groups is 2. The Morgan fingerprint density at radius 3 is 2.08 bits per heavy atom. The molecule has 0 saturated carbocycles. The van der Waals surface area contributed by atoms with E-state index < -0.39 is 22.5 Å². The molecule has 6 nitrogen and oxygen atoms in total. The Labute approximate surface area is 147 Å². The van der Waals surface area contributed by atoms with E-state index in [-0.39, 0.29) is 16.4 Å². The topological polar surface area (TPSA) is 80.8 Å². The Balaban J connectivity index is 2.04. The van der Waals surface area contributed by atoms with Crippen molar-refractivity contribution in [3.05, 3.63) is 59.7 Å². The van der Waals surface area contributed by atoms with Crippen LogP contribution >= 0.6 is 0 Å². The molecule has 0 N–H and O–H groups in total. The summed E-state index contributed by atoms with van der Waals surface area (Å²) < 4.78 is 30.9. The number of sulfonamides is 1. The second-order valence-corrected chi connectivity index (χ2v) is 7.67. The third kappa shape index (κ3) is 4.74. The van der Waals surface area contributed by atoms with Crippen molar-refractivity contribution in [3.63, 3.8) is 0 Å². The first-order chi connectivity index (χ1) is 11.7. The molecule has 0 atom stereocenters. The van der Waals surface area contributed by atoms with Crippen molar-refractivity contribution in [2.75, 3.05) is 13.6 Å². The van der Waals surface area contributed by atoms with Crippen LogP contribution in [0.4, 0.5) is 0 Å². The normalized spacial score (nSPS) is 11.4. The minimum absolute atomic E-state index is 0.0956. The fourth-order valence-electron chi connectivity index (χ4n) is 2.08. The highest BCUT2D eigenvalue weighted by Gasteiger charge is 2.23. The SMILES string of the molecule is CC(=O)c1ccc(OC(=O)CN(C)S(=O)(=O)c2ccc(C)cc2)cc1. The van der Waals surface area contributed by atoms with Gasteiger partial charge in [0.2, 0.25) is 10.0 Å². The summed E-state index contributed by atoms with van der Waals surface area (Å²) in [5, 5.41) is 0. The molecule has 0 heterocycles. The number of rotatable bonds is 6. The van der Waals surface area contributed by atoms with Crippen LogP contribution in [-0.4, -0.2) is 38.1 Å². The van der Waals surface area contributed by atoms with Gasteiger partial charge in [0.25, 0.3) is 0 Å². The Hall–Kier alpha value is -2.51. The predicted octanol–water partition coefficient (Wildman–Crippen LogP) is 2.42. The molecule has 0 aromatic heterocycles. The van der Waals surface area contributed by atoms with Gasteiger partial charge in [0.05, 0.1) is 4.90 Å². The summed E-state index contributed by atoms with van der Waals surface area (Å²) in [6, 6.07) is 12.4. The van der Waals surface area contributed by atoms with Crippen LogP contribution in [0, 0.1) is 6.92 Å². The van der Waals surface area contributed by atoms with Gasteiger partial charge in [-0.05, 0) is 50.2 Å². The first kappa shape index (κ1) is 18.8. The monoisotopic (exact) mass is 361 g/mol. The molecule has 0 unspecified atom stereocenters. The van der Waals surface area contributed by atoms with Crippen molar-refractivity contribution >= 4 is 21.8 Å². The van der Waals surface area contributed by atoms with Gasteiger partial charge in [-0.15, -0.1) is 0 Å². The number of carbonyl (C=O) groups excluding carboxylic acids is 2. The molecule has 2 aromatic rings. The van der Waals surface area contributed by atoms with Crippen molar-refractivity contribution in [1.82, 2.24) is 4.31 Å². The number of aryl methyl sites for hydroxylation is 1. The van der Waals surface area contributed by atoms with Crippen LogP contribution in [0.3, 0.4) is 0 Å². The van der Waals surface area contributed by atoms with E-state index >= 15 is 0 Å². The minimum Gasteiger partial charge on any atom is -0.426 e. The second-order valence-electron chi connectivity index (χ2n) is 5.63. The van der Waals surface area contributed by atoms with Crippen LogP contribution in [0.15, 0.2) is 53.4 Å². The van der Waals surface area contributed by atoms with Crippen LogP contribution in [0.5, 0.6) is 5.75 Å². The standard InChI is InChI=1S/C18H19NO5S/c1-13-4-10-17(11-5-13)25(22,23)19(3)12-18(21)24-16-8-6-15(7-9-16)14(2)20/h4-11H,12H2,1-3H3. The molecule has 132 valence electrons. The summed E-state index contributed by atoms with van der Waals surface area (Å²) >= 11 is 0. The van der Waals surface area contributed by atoms with Gasteiger partial charge in [0.1, 0.15) is 12.3 Å². The molecule has 0 aliphatic carbocycles. The lowest BCUT2D eigenvalue weighted by Gasteiger charge is -2.16. The van der Waals surface area contributed by atoms with E-state index in [1.807, 2.05) is 6.92 Å². The third-order valence-electron chi connectivity index (χ3n) is 3.57. The van der Waals surface area contributed by atoms with Gasteiger partial charge >= 0.3 is 5.97 Å². The number of hydrogen-bond acceptors (Lipinski definition) is 5. The summed E-state index contributed by atoms with van der Waals surface area (Å²) in [6.45, 7) is 2.87. The summed E-state index contributed by atoms with van der Waals surface area (Å²) in [6.07, 6.45) is 0. The Kier molecular flexibility index (Phi) is 5.71. The summed E-state index contributed by atoms with van der Waals surface area (Å²) in [7, 11) is -2.46. The maximum absolute atomic E-state index is 12.4. The maximum Gasteiger partial charge on any atom is 0.326 e. The van der Waals surface area contributed by atoms with Crippen molar-refractivity contribution in [3.8, 4) is 5.75 Å². The van der Waals surface area contributed by atoms with Crippen molar-refractivity contribution in [1.29, 1.82) is 0 Å². The summed E-state index contributed by atoms with van der Waals surface area (Å²) in [4.78, 5) is 23.3. The highest BCUT2D eigenvalue weighted by molar-refractivity contribution is 7.89. The number of ketones is 1. The van der Waals surface area contributed by atoms with Crippen molar-refractivity contribution in [2.45, 2.75) is 18.7 Å². The fraction of sp³-hybridized carbons (Fsp3) is 0.222. The number of esters is 1. The second kappa shape index (κ2) is 7.58. The van der Waals surface area contributed by atoms with Crippen LogP contribution in [0.1, 0.15) is 22.8 Å². The molecule has 0 amide bonds. The first-order valence-electron chi connectivity index (χ1n) is 7.55. The summed E-state index contributed by atoms with van der Waals surface area (Å²) in [5.74, 6) is -0.563. The molecular weight excluding hydrogens is 342 g/mol. The predicted molar refractivity (Wildman–Crippen MR) is 93.1 cm³/mol. The number of nitrogens with zero attached hydrogens (tertiary/aromatic N) is 1. The van der Waals surface area contributed by atoms with E-state index in [9.17, 15) is 18.0 Å². The molecule has 0 saturated heterocycles. The van der Waals surface area contributed by atoms with Crippen molar-refractivity contribution in [2.24, 2.45) is 0 Å². The number of likely N-dealkylation sites (N-methyl/N-ethyl adjacent to an activating group) is 1. The van der Waals surface area contributed by atoms with E-state index in [4.69, 9.17) is 4.74 Å². The van der Waals surface area contributed by atoms with Gasteiger partial charge in [-0.25, -0.2) is 8.42 Å². The highest BCUT2D eigenvalue weighted by atomic mass is 32.2. The lowest BCUT2D eigenvalue weighted by molar-refractivity contribution is -0.134. The van der Waals surface area contributed by atoms with Gasteiger partial charge in [-0.1, -0.05) is 17.7 Å². The first-order valence-corrected chi connectivity index (χ1v) is 8.99. The third-order valence-corrected chi connectivity index (χ3v) is 5.39. The molecule has 0 spiro atoms. The number of benzene rings is 2. The largest absolute Gasteiger partial charge is 0.426 e. The molecule has 2 rings (SSSR count). The van der Waals surface area contributed by atoms with Gasteiger partial charge in [-0.2, -0.15) is 4.31 Å². The maximum atomic E-state index is 12.4. The van der Waals surface area contributed by atoms with Gasteiger partial charge in [0.15, 0.2) is 5.78 Å². The zero-order valence-corrected chi connectivity index (χ0v) is 15.0. The van der Waals surface area contributed by atoms with Crippen LogP contribution in [-0.2, 0) is 14.8 Å². The number of hydrogen-bond donors (Lipinski definition) is 0. The molecule has 0 aliphatic heterocycles.